The molecule has 1 atom stereocenters. The Morgan fingerprint density at radius 1 is 0.814 bits per heavy atom. The average Bonchev–Trinajstić information content (AvgIpc) is 3.00. The number of sulfonamides is 1. The molecule has 0 heterocycles. The van der Waals surface area contributed by atoms with E-state index in [-0.39, 0.29) is 23.8 Å². The number of nitrogens with one attached hydrogen (secondary N) is 1. The fourth-order valence-corrected chi connectivity index (χ4v) is 6.60. The Bertz CT molecular complexity index is 1680. The van der Waals surface area contributed by atoms with Crippen LogP contribution in [0.25, 0.3) is 0 Å². The van der Waals surface area contributed by atoms with Crippen LogP contribution in [-0.4, -0.2) is 44.8 Å². The third kappa shape index (κ3) is 7.72. The van der Waals surface area contributed by atoms with Crippen molar-refractivity contribution in [2.45, 2.75) is 44.7 Å². The number of halogens is 1. The number of rotatable bonds is 11. The minimum absolute atomic E-state index is 0.0819. The van der Waals surface area contributed by atoms with Gasteiger partial charge in [0.05, 0.1) is 10.6 Å². The third-order valence-corrected chi connectivity index (χ3v) is 9.82. The van der Waals surface area contributed by atoms with Crippen LogP contribution in [0.15, 0.2) is 106 Å². The van der Waals surface area contributed by atoms with E-state index in [4.69, 9.17) is 0 Å². The molecule has 0 spiro atoms. The highest BCUT2D eigenvalue weighted by Crippen LogP contribution is 2.29. The standard InChI is InChI=1S/C34H36BrN3O4S/c1-24-13-19-30(20-14-24)43(41,42)38(31-12-8-9-25(2)26(31)3)23-33(39)37(22-28-15-17-29(35)18-16-28)32(34(40)36-4)21-27-10-6-5-7-11-27/h5-20,32H,21-23H2,1-4H3,(H,36,40)/t32-/m0/s1. The zero-order valence-electron chi connectivity index (χ0n) is 24.7. The number of hydrogen-bond donors (Lipinski definition) is 1. The van der Waals surface area contributed by atoms with Crippen molar-refractivity contribution in [1.82, 2.24) is 10.2 Å². The molecule has 224 valence electrons. The van der Waals surface area contributed by atoms with Gasteiger partial charge in [-0.3, -0.25) is 13.9 Å². The van der Waals surface area contributed by atoms with E-state index in [1.807, 2.05) is 81.4 Å². The largest absolute Gasteiger partial charge is 0.357 e. The quantitative estimate of drug-likeness (QED) is 0.215. The molecule has 0 saturated carbocycles. The van der Waals surface area contributed by atoms with Crippen LogP contribution in [0.2, 0.25) is 0 Å². The van der Waals surface area contributed by atoms with Crippen molar-refractivity contribution >= 4 is 43.5 Å². The summed E-state index contributed by atoms with van der Waals surface area (Å²) in [6.07, 6.45) is 0.261. The Hall–Kier alpha value is -3.95. The monoisotopic (exact) mass is 661 g/mol. The summed E-state index contributed by atoms with van der Waals surface area (Å²) in [5, 5.41) is 2.71. The molecule has 1 N–H and O–H groups in total. The molecule has 0 aliphatic carbocycles. The highest BCUT2D eigenvalue weighted by molar-refractivity contribution is 9.10. The summed E-state index contributed by atoms with van der Waals surface area (Å²) >= 11 is 3.45. The molecule has 0 aromatic heterocycles. The van der Waals surface area contributed by atoms with Crippen LogP contribution in [0.4, 0.5) is 5.69 Å². The number of hydrogen-bond acceptors (Lipinski definition) is 4. The molecule has 9 heteroatoms. The first-order chi connectivity index (χ1) is 20.5. The molecule has 0 aliphatic heterocycles. The molecule has 4 rings (SSSR count). The summed E-state index contributed by atoms with van der Waals surface area (Å²) in [5.74, 6) is -0.835. The van der Waals surface area contributed by atoms with Crippen molar-refractivity contribution in [1.29, 1.82) is 0 Å². The first-order valence-electron chi connectivity index (χ1n) is 14.0. The lowest BCUT2D eigenvalue weighted by molar-refractivity contribution is -0.139. The number of carbonyl (C=O) groups is 2. The van der Waals surface area contributed by atoms with Crippen LogP contribution < -0.4 is 9.62 Å². The number of anilines is 1. The molecule has 0 unspecified atom stereocenters. The van der Waals surface area contributed by atoms with Gasteiger partial charge in [0.25, 0.3) is 10.0 Å². The average molecular weight is 663 g/mol. The van der Waals surface area contributed by atoms with Crippen LogP contribution in [0.3, 0.4) is 0 Å². The van der Waals surface area contributed by atoms with Crippen LogP contribution in [-0.2, 0) is 32.6 Å². The molecule has 43 heavy (non-hydrogen) atoms. The molecule has 0 bridgehead atoms. The summed E-state index contributed by atoms with van der Waals surface area (Å²) in [4.78, 5) is 29.3. The highest BCUT2D eigenvalue weighted by atomic mass is 79.9. The third-order valence-electron chi connectivity index (χ3n) is 7.52. The maximum Gasteiger partial charge on any atom is 0.264 e. The summed E-state index contributed by atoms with van der Waals surface area (Å²) in [6.45, 7) is 5.25. The Kier molecular flexibility index (Phi) is 10.4. The number of benzene rings is 4. The fourth-order valence-electron chi connectivity index (χ4n) is 4.86. The highest BCUT2D eigenvalue weighted by Gasteiger charge is 2.34. The van der Waals surface area contributed by atoms with E-state index < -0.39 is 28.5 Å². The Labute approximate surface area is 262 Å². The molecule has 0 aliphatic rings. The number of carbonyl (C=O) groups excluding carboxylic acids is 2. The second-order valence-corrected chi connectivity index (χ2v) is 13.3. The molecule has 4 aromatic rings. The maximum atomic E-state index is 14.4. The molecular formula is C34H36BrN3O4S. The van der Waals surface area contributed by atoms with Gasteiger partial charge in [0.2, 0.25) is 11.8 Å². The zero-order chi connectivity index (χ0) is 31.1. The van der Waals surface area contributed by atoms with Crippen molar-refractivity contribution in [2.75, 3.05) is 17.9 Å². The van der Waals surface area contributed by atoms with E-state index >= 15 is 0 Å². The van der Waals surface area contributed by atoms with Gasteiger partial charge in [-0.15, -0.1) is 0 Å². The fraction of sp³-hybridized carbons (Fsp3) is 0.235. The minimum Gasteiger partial charge on any atom is -0.357 e. The maximum absolute atomic E-state index is 14.4. The molecule has 7 nitrogen and oxygen atoms in total. The van der Waals surface area contributed by atoms with Gasteiger partial charge >= 0.3 is 0 Å². The molecule has 4 aromatic carbocycles. The van der Waals surface area contributed by atoms with E-state index in [1.54, 1.807) is 36.4 Å². The predicted molar refractivity (Wildman–Crippen MR) is 174 cm³/mol. The molecule has 0 fully saturated rings. The van der Waals surface area contributed by atoms with E-state index in [9.17, 15) is 18.0 Å². The summed E-state index contributed by atoms with van der Waals surface area (Å²) in [5.41, 5.74) is 4.66. The summed E-state index contributed by atoms with van der Waals surface area (Å²) in [6, 6.07) is 28.0. The first kappa shape index (κ1) is 32.0. The van der Waals surface area contributed by atoms with E-state index in [1.165, 1.54) is 16.3 Å². The van der Waals surface area contributed by atoms with Gasteiger partial charge in [-0.2, -0.15) is 0 Å². The molecule has 0 saturated heterocycles. The van der Waals surface area contributed by atoms with Crippen LogP contribution >= 0.6 is 15.9 Å². The van der Waals surface area contributed by atoms with E-state index in [2.05, 4.69) is 21.2 Å². The zero-order valence-corrected chi connectivity index (χ0v) is 27.2. The van der Waals surface area contributed by atoms with Gasteiger partial charge in [0.1, 0.15) is 12.6 Å². The van der Waals surface area contributed by atoms with Crippen molar-refractivity contribution < 1.29 is 18.0 Å². The molecule has 2 amide bonds. The minimum atomic E-state index is -4.15. The van der Waals surface area contributed by atoms with Crippen molar-refractivity contribution in [2.24, 2.45) is 0 Å². The summed E-state index contributed by atoms with van der Waals surface area (Å²) in [7, 11) is -2.61. The van der Waals surface area contributed by atoms with Crippen molar-refractivity contribution in [3.05, 3.63) is 129 Å². The smallest absolute Gasteiger partial charge is 0.264 e. The van der Waals surface area contributed by atoms with Crippen LogP contribution in [0.5, 0.6) is 0 Å². The second kappa shape index (κ2) is 14.0. The van der Waals surface area contributed by atoms with Gasteiger partial charge in [-0.05, 0) is 73.4 Å². The second-order valence-electron chi connectivity index (χ2n) is 10.5. The lowest BCUT2D eigenvalue weighted by atomic mass is 10.0. The van der Waals surface area contributed by atoms with Gasteiger partial charge < -0.3 is 10.2 Å². The van der Waals surface area contributed by atoms with Gasteiger partial charge in [-0.1, -0.05) is 88.2 Å². The Balaban J connectivity index is 1.81. The number of likely N-dealkylation sites (N-methyl/N-ethyl adjacent to an activating group) is 1. The molecular weight excluding hydrogens is 626 g/mol. The number of aryl methyl sites for hydroxylation is 2. The van der Waals surface area contributed by atoms with E-state index in [0.29, 0.717) is 5.69 Å². The number of nitrogens with zero attached hydrogens (tertiary/aromatic N) is 2. The predicted octanol–water partition coefficient (Wildman–Crippen LogP) is 5.96. The normalized spacial score (nSPS) is 11.9. The van der Waals surface area contributed by atoms with Gasteiger partial charge in [-0.25, -0.2) is 8.42 Å². The lowest BCUT2D eigenvalue weighted by Crippen LogP contribution is -2.53. The van der Waals surface area contributed by atoms with E-state index in [0.717, 1.165) is 32.3 Å². The van der Waals surface area contributed by atoms with Crippen LogP contribution in [0, 0.1) is 20.8 Å². The van der Waals surface area contributed by atoms with Crippen molar-refractivity contribution in [3.8, 4) is 0 Å². The Morgan fingerprint density at radius 3 is 2.09 bits per heavy atom. The van der Waals surface area contributed by atoms with Crippen molar-refractivity contribution in [3.63, 3.8) is 0 Å². The lowest BCUT2D eigenvalue weighted by Gasteiger charge is -2.34. The van der Waals surface area contributed by atoms with Gasteiger partial charge in [0.15, 0.2) is 0 Å². The topological polar surface area (TPSA) is 86.8 Å². The summed E-state index contributed by atoms with van der Waals surface area (Å²) < 4.78 is 30.4. The number of amides is 2. The SMILES string of the molecule is CNC(=O)[C@H](Cc1ccccc1)N(Cc1ccc(Br)cc1)C(=O)CN(c1cccc(C)c1C)S(=O)(=O)c1ccc(C)cc1. The first-order valence-corrected chi connectivity index (χ1v) is 16.2. The van der Waals surface area contributed by atoms with Crippen LogP contribution in [0.1, 0.15) is 27.8 Å². The molecule has 0 radical (unpaired) electrons. The van der Waals surface area contributed by atoms with Gasteiger partial charge in [0, 0.05) is 24.5 Å². The Morgan fingerprint density at radius 2 is 1.47 bits per heavy atom.